The SMILES string of the molecule is COCCC(C)(CN)NCCCCO. The minimum absolute atomic E-state index is 0.0362. The van der Waals surface area contributed by atoms with E-state index in [9.17, 15) is 0 Å². The first kappa shape index (κ1) is 13.8. The predicted octanol–water partition coefficient (Wildman–Crippen LogP) is 0.102. The molecule has 0 heterocycles. The highest BCUT2D eigenvalue weighted by molar-refractivity contribution is 4.83. The Morgan fingerprint density at radius 3 is 2.64 bits per heavy atom. The molecule has 0 aromatic heterocycles. The van der Waals surface area contributed by atoms with E-state index in [1.807, 2.05) is 0 Å². The van der Waals surface area contributed by atoms with Crippen LogP contribution in [0.5, 0.6) is 0 Å². The second-order valence-corrected chi connectivity index (χ2v) is 3.87. The number of aliphatic hydroxyl groups is 1. The van der Waals surface area contributed by atoms with Gasteiger partial charge in [0.05, 0.1) is 0 Å². The van der Waals surface area contributed by atoms with E-state index in [1.54, 1.807) is 7.11 Å². The van der Waals surface area contributed by atoms with Crippen molar-refractivity contribution in [2.24, 2.45) is 5.73 Å². The maximum absolute atomic E-state index is 8.62. The summed E-state index contributed by atoms with van der Waals surface area (Å²) in [5.41, 5.74) is 5.66. The third kappa shape index (κ3) is 6.32. The number of rotatable bonds is 9. The van der Waals surface area contributed by atoms with Crippen molar-refractivity contribution in [3.05, 3.63) is 0 Å². The standard InChI is InChI=1S/C10H24N2O2/c1-10(9-11,5-8-14-2)12-6-3-4-7-13/h12-13H,3-9,11H2,1-2H3. The summed E-state index contributed by atoms with van der Waals surface area (Å²) in [6.07, 6.45) is 2.75. The second-order valence-electron chi connectivity index (χ2n) is 3.87. The van der Waals surface area contributed by atoms with Gasteiger partial charge in [0.25, 0.3) is 0 Å². The summed E-state index contributed by atoms with van der Waals surface area (Å²) in [5, 5.41) is 12.0. The van der Waals surface area contributed by atoms with Crippen molar-refractivity contribution in [1.82, 2.24) is 5.32 Å². The lowest BCUT2D eigenvalue weighted by Crippen LogP contribution is -2.49. The van der Waals surface area contributed by atoms with Gasteiger partial charge in [-0.25, -0.2) is 0 Å². The Hall–Kier alpha value is -0.160. The number of hydrogen-bond donors (Lipinski definition) is 3. The summed E-state index contributed by atoms with van der Waals surface area (Å²) in [6.45, 7) is 4.60. The quantitative estimate of drug-likeness (QED) is 0.466. The van der Waals surface area contributed by atoms with Crippen LogP contribution in [0.3, 0.4) is 0 Å². The van der Waals surface area contributed by atoms with Crippen molar-refractivity contribution in [3.63, 3.8) is 0 Å². The molecule has 4 N–H and O–H groups in total. The van der Waals surface area contributed by atoms with Gasteiger partial charge in [-0.2, -0.15) is 0 Å². The van der Waals surface area contributed by atoms with Gasteiger partial charge < -0.3 is 20.9 Å². The van der Waals surface area contributed by atoms with Crippen LogP contribution in [0.1, 0.15) is 26.2 Å². The molecule has 0 aliphatic rings. The fourth-order valence-electron chi connectivity index (χ4n) is 1.22. The first-order valence-electron chi connectivity index (χ1n) is 5.23. The van der Waals surface area contributed by atoms with E-state index in [-0.39, 0.29) is 12.1 Å². The summed E-state index contributed by atoms with van der Waals surface area (Å²) in [6, 6.07) is 0. The number of aliphatic hydroxyl groups excluding tert-OH is 1. The molecule has 4 heteroatoms. The van der Waals surface area contributed by atoms with Gasteiger partial charge in [0.15, 0.2) is 0 Å². The number of ether oxygens (including phenoxy) is 1. The molecule has 14 heavy (non-hydrogen) atoms. The molecular weight excluding hydrogens is 180 g/mol. The molecule has 0 aliphatic carbocycles. The number of nitrogens with one attached hydrogen (secondary N) is 1. The normalized spacial score (nSPS) is 15.4. The smallest absolute Gasteiger partial charge is 0.0480 e. The molecule has 0 spiro atoms. The first-order chi connectivity index (χ1) is 6.68. The molecular formula is C10H24N2O2. The molecule has 86 valence electrons. The van der Waals surface area contributed by atoms with Gasteiger partial charge in [0.1, 0.15) is 0 Å². The molecule has 0 amide bonds. The highest BCUT2D eigenvalue weighted by Crippen LogP contribution is 2.07. The van der Waals surface area contributed by atoms with E-state index in [0.29, 0.717) is 6.54 Å². The Bertz CT molecular complexity index is 133. The van der Waals surface area contributed by atoms with Gasteiger partial charge in [-0.05, 0) is 32.7 Å². The molecule has 0 aromatic rings. The lowest BCUT2D eigenvalue weighted by Gasteiger charge is -2.29. The van der Waals surface area contributed by atoms with Crippen LogP contribution in [0, 0.1) is 0 Å². The maximum atomic E-state index is 8.62. The van der Waals surface area contributed by atoms with Crippen molar-refractivity contribution in [3.8, 4) is 0 Å². The van der Waals surface area contributed by atoms with Crippen molar-refractivity contribution < 1.29 is 9.84 Å². The monoisotopic (exact) mass is 204 g/mol. The number of unbranched alkanes of at least 4 members (excludes halogenated alkanes) is 1. The molecule has 0 bridgehead atoms. The first-order valence-corrected chi connectivity index (χ1v) is 5.23. The second kappa shape index (κ2) is 8.17. The lowest BCUT2D eigenvalue weighted by atomic mass is 9.98. The number of methoxy groups -OCH3 is 1. The van der Waals surface area contributed by atoms with Gasteiger partial charge in [0.2, 0.25) is 0 Å². The molecule has 0 radical (unpaired) electrons. The molecule has 0 aromatic carbocycles. The predicted molar refractivity (Wildman–Crippen MR) is 58.3 cm³/mol. The van der Waals surface area contributed by atoms with E-state index in [1.165, 1.54) is 0 Å². The zero-order chi connectivity index (χ0) is 10.9. The Balaban J connectivity index is 3.63. The average Bonchev–Trinajstić information content (AvgIpc) is 2.22. The zero-order valence-electron chi connectivity index (χ0n) is 9.38. The van der Waals surface area contributed by atoms with Crippen molar-refractivity contribution >= 4 is 0 Å². The van der Waals surface area contributed by atoms with Crippen LogP contribution < -0.4 is 11.1 Å². The number of hydrogen-bond acceptors (Lipinski definition) is 4. The third-order valence-electron chi connectivity index (χ3n) is 2.45. The van der Waals surface area contributed by atoms with Crippen molar-refractivity contribution in [1.29, 1.82) is 0 Å². The lowest BCUT2D eigenvalue weighted by molar-refractivity contribution is 0.161. The molecule has 0 aliphatic heterocycles. The Labute approximate surface area is 86.8 Å². The van der Waals surface area contributed by atoms with Gasteiger partial charge >= 0.3 is 0 Å². The molecule has 0 rings (SSSR count). The summed E-state index contributed by atoms with van der Waals surface area (Å²) >= 11 is 0. The summed E-state index contributed by atoms with van der Waals surface area (Å²) in [4.78, 5) is 0. The average molecular weight is 204 g/mol. The van der Waals surface area contributed by atoms with E-state index in [0.717, 1.165) is 32.4 Å². The highest BCUT2D eigenvalue weighted by Gasteiger charge is 2.20. The highest BCUT2D eigenvalue weighted by atomic mass is 16.5. The maximum Gasteiger partial charge on any atom is 0.0480 e. The largest absolute Gasteiger partial charge is 0.396 e. The van der Waals surface area contributed by atoms with Crippen LogP contribution in [0.15, 0.2) is 0 Å². The van der Waals surface area contributed by atoms with Crippen molar-refractivity contribution in [2.75, 3.05) is 33.4 Å². The summed E-state index contributed by atoms with van der Waals surface area (Å²) < 4.78 is 5.03. The van der Waals surface area contributed by atoms with Crippen LogP contribution in [0.25, 0.3) is 0 Å². The van der Waals surface area contributed by atoms with Gasteiger partial charge in [-0.15, -0.1) is 0 Å². The Morgan fingerprint density at radius 2 is 2.14 bits per heavy atom. The van der Waals surface area contributed by atoms with Gasteiger partial charge in [-0.1, -0.05) is 0 Å². The van der Waals surface area contributed by atoms with Gasteiger partial charge in [0, 0.05) is 32.4 Å². The summed E-state index contributed by atoms with van der Waals surface area (Å²) in [5.74, 6) is 0. The molecule has 1 atom stereocenters. The van der Waals surface area contributed by atoms with E-state index in [2.05, 4.69) is 12.2 Å². The molecule has 0 saturated carbocycles. The Morgan fingerprint density at radius 1 is 1.43 bits per heavy atom. The molecule has 4 nitrogen and oxygen atoms in total. The van der Waals surface area contributed by atoms with Crippen LogP contribution >= 0.6 is 0 Å². The van der Waals surface area contributed by atoms with Crippen LogP contribution in [-0.2, 0) is 4.74 Å². The molecule has 0 saturated heterocycles. The Kier molecular flexibility index (Phi) is 8.08. The summed E-state index contributed by atoms with van der Waals surface area (Å²) in [7, 11) is 1.70. The zero-order valence-corrected chi connectivity index (χ0v) is 9.38. The fraction of sp³-hybridized carbons (Fsp3) is 1.00. The molecule has 1 unspecified atom stereocenters. The van der Waals surface area contributed by atoms with E-state index < -0.39 is 0 Å². The van der Waals surface area contributed by atoms with Gasteiger partial charge in [-0.3, -0.25) is 0 Å². The number of nitrogens with two attached hydrogens (primary N) is 1. The van der Waals surface area contributed by atoms with Crippen molar-refractivity contribution in [2.45, 2.75) is 31.7 Å². The molecule has 0 fully saturated rings. The van der Waals surface area contributed by atoms with E-state index in [4.69, 9.17) is 15.6 Å². The van der Waals surface area contributed by atoms with Crippen LogP contribution in [0.2, 0.25) is 0 Å². The fourth-order valence-corrected chi connectivity index (χ4v) is 1.22. The minimum Gasteiger partial charge on any atom is -0.396 e. The van der Waals surface area contributed by atoms with Crippen LogP contribution in [-0.4, -0.2) is 44.1 Å². The minimum atomic E-state index is -0.0362. The van der Waals surface area contributed by atoms with Crippen LogP contribution in [0.4, 0.5) is 0 Å². The third-order valence-corrected chi connectivity index (χ3v) is 2.45. The van der Waals surface area contributed by atoms with E-state index >= 15 is 0 Å². The topological polar surface area (TPSA) is 67.5 Å².